The van der Waals surface area contributed by atoms with E-state index in [4.69, 9.17) is 0 Å². The van der Waals surface area contributed by atoms with Crippen LogP contribution in [0.2, 0.25) is 0 Å². The van der Waals surface area contributed by atoms with Crippen LogP contribution in [0.15, 0.2) is 35.7 Å². The van der Waals surface area contributed by atoms with Gasteiger partial charge in [-0.2, -0.15) is 0 Å². The van der Waals surface area contributed by atoms with Crippen LogP contribution >= 0.6 is 11.3 Å². The van der Waals surface area contributed by atoms with Crippen LogP contribution in [0.1, 0.15) is 37.8 Å². The van der Waals surface area contributed by atoms with Crippen molar-refractivity contribution in [2.45, 2.75) is 44.7 Å². The van der Waals surface area contributed by atoms with Crippen LogP contribution in [0.25, 0.3) is 10.6 Å². The van der Waals surface area contributed by atoms with E-state index in [1.165, 1.54) is 0 Å². The van der Waals surface area contributed by atoms with Crippen molar-refractivity contribution in [2.75, 3.05) is 13.6 Å². The summed E-state index contributed by atoms with van der Waals surface area (Å²) in [5.74, 6) is 0.384. The molecule has 0 unspecified atom stereocenters. The van der Waals surface area contributed by atoms with Crippen molar-refractivity contribution in [3.8, 4) is 10.6 Å². The number of carbonyl (C=O) groups is 2. The fourth-order valence-electron chi connectivity index (χ4n) is 3.69. The third-order valence-corrected chi connectivity index (χ3v) is 6.29. The van der Waals surface area contributed by atoms with E-state index >= 15 is 0 Å². The minimum Gasteiger partial charge on any atom is -0.338 e. The second kappa shape index (κ2) is 7.80. The Morgan fingerprint density at radius 1 is 1.19 bits per heavy atom. The second-order valence-electron chi connectivity index (χ2n) is 7.52. The van der Waals surface area contributed by atoms with Gasteiger partial charge in [0.15, 0.2) is 0 Å². The molecule has 4 rings (SSSR count). The Morgan fingerprint density at radius 3 is 2.70 bits per heavy atom. The summed E-state index contributed by atoms with van der Waals surface area (Å²) in [5.41, 5.74) is 1.99. The highest BCUT2D eigenvalue weighted by molar-refractivity contribution is 7.13. The van der Waals surface area contributed by atoms with Crippen molar-refractivity contribution in [1.29, 1.82) is 0 Å². The number of amides is 2. The summed E-state index contributed by atoms with van der Waals surface area (Å²) in [4.78, 5) is 33.9. The predicted octanol–water partition coefficient (Wildman–Crippen LogP) is 3.56. The monoisotopic (exact) mass is 383 g/mol. The number of nitrogens with zero attached hydrogens (tertiary/aromatic N) is 3. The largest absolute Gasteiger partial charge is 0.338 e. The number of carbonyl (C=O) groups excluding carboxylic acids is 2. The van der Waals surface area contributed by atoms with Gasteiger partial charge in [0, 0.05) is 30.5 Å². The fourth-order valence-corrected chi connectivity index (χ4v) is 4.50. The lowest BCUT2D eigenvalue weighted by atomic mass is 10.00. The maximum absolute atomic E-state index is 13.0. The molecular formula is C21H25N3O2S. The number of likely N-dealkylation sites (tertiary alicyclic amines) is 1. The molecule has 1 atom stereocenters. The third-order valence-electron chi connectivity index (χ3n) is 5.35. The molecule has 2 fully saturated rings. The lowest BCUT2D eigenvalue weighted by Crippen LogP contribution is -2.52. The van der Waals surface area contributed by atoms with E-state index in [0.717, 1.165) is 48.4 Å². The van der Waals surface area contributed by atoms with Gasteiger partial charge in [0.25, 0.3) is 0 Å². The molecule has 1 saturated carbocycles. The highest BCUT2D eigenvalue weighted by atomic mass is 32.1. The number of benzene rings is 1. The SMILES string of the molecule is CN(Cc1csc(-c2ccccc2)n1)C(=O)[C@@H]1CCCCN1C(=O)C1CC1. The van der Waals surface area contributed by atoms with Crippen LogP contribution in [0.5, 0.6) is 0 Å². The minimum atomic E-state index is -0.302. The van der Waals surface area contributed by atoms with Crippen LogP contribution < -0.4 is 0 Å². The summed E-state index contributed by atoms with van der Waals surface area (Å²) < 4.78 is 0. The Labute approximate surface area is 164 Å². The van der Waals surface area contributed by atoms with E-state index in [1.54, 1.807) is 16.2 Å². The lowest BCUT2D eigenvalue weighted by Gasteiger charge is -2.36. The van der Waals surface area contributed by atoms with Crippen molar-refractivity contribution in [2.24, 2.45) is 5.92 Å². The van der Waals surface area contributed by atoms with E-state index in [9.17, 15) is 9.59 Å². The molecule has 2 aromatic rings. The maximum Gasteiger partial charge on any atom is 0.245 e. The molecule has 1 aromatic carbocycles. The van der Waals surface area contributed by atoms with Crippen molar-refractivity contribution in [3.05, 3.63) is 41.4 Å². The Kier molecular flexibility index (Phi) is 5.25. The Morgan fingerprint density at radius 2 is 1.96 bits per heavy atom. The molecule has 0 radical (unpaired) electrons. The molecule has 0 spiro atoms. The van der Waals surface area contributed by atoms with Crippen LogP contribution in [0.3, 0.4) is 0 Å². The Hall–Kier alpha value is -2.21. The first-order chi connectivity index (χ1) is 13.1. The van der Waals surface area contributed by atoms with Crippen LogP contribution in [0.4, 0.5) is 0 Å². The number of piperidine rings is 1. The molecule has 2 amide bonds. The summed E-state index contributed by atoms with van der Waals surface area (Å²) in [6.45, 7) is 1.19. The Bertz CT molecular complexity index is 816. The lowest BCUT2D eigenvalue weighted by molar-refractivity contribution is -0.148. The van der Waals surface area contributed by atoms with Crippen molar-refractivity contribution < 1.29 is 9.59 Å². The van der Waals surface area contributed by atoms with Crippen molar-refractivity contribution >= 4 is 23.2 Å². The zero-order chi connectivity index (χ0) is 18.8. The first-order valence-corrected chi connectivity index (χ1v) is 10.6. The molecular weight excluding hydrogens is 358 g/mol. The van der Waals surface area contributed by atoms with Crippen molar-refractivity contribution in [3.63, 3.8) is 0 Å². The summed E-state index contributed by atoms with van der Waals surface area (Å²) in [7, 11) is 1.82. The summed E-state index contributed by atoms with van der Waals surface area (Å²) >= 11 is 1.60. The second-order valence-corrected chi connectivity index (χ2v) is 8.38. The topological polar surface area (TPSA) is 53.5 Å². The normalized spacial score (nSPS) is 19.7. The first kappa shape index (κ1) is 18.2. The smallest absolute Gasteiger partial charge is 0.245 e. The van der Waals surface area contributed by atoms with Gasteiger partial charge in [-0.05, 0) is 32.1 Å². The molecule has 1 aliphatic heterocycles. The maximum atomic E-state index is 13.0. The van der Waals surface area contributed by atoms with E-state index in [2.05, 4.69) is 4.98 Å². The Balaban J connectivity index is 1.42. The zero-order valence-corrected chi connectivity index (χ0v) is 16.5. The van der Waals surface area contributed by atoms with Gasteiger partial charge in [0.1, 0.15) is 11.0 Å². The average molecular weight is 384 g/mol. The van der Waals surface area contributed by atoms with Gasteiger partial charge in [-0.15, -0.1) is 11.3 Å². The molecule has 1 aliphatic carbocycles. The van der Waals surface area contributed by atoms with E-state index < -0.39 is 0 Å². The van der Waals surface area contributed by atoms with E-state index in [0.29, 0.717) is 13.1 Å². The molecule has 27 heavy (non-hydrogen) atoms. The van der Waals surface area contributed by atoms with Crippen LogP contribution in [-0.4, -0.2) is 46.2 Å². The molecule has 5 nitrogen and oxygen atoms in total. The number of likely N-dealkylation sites (N-methyl/N-ethyl adjacent to an activating group) is 1. The van der Waals surface area contributed by atoms with Gasteiger partial charge >= 0.3 is 0 Å². The molecule has 2 aliphatic rings. The fraction of sp³-hybridized carbons (Fsp3) is 0.476. The molecule has 6 heteroatoms. The average Bonchev–Trinajstić information content (AvgIpc) is 3.46. The summed E-state index contributed by atoms with van der Waals surface area (Å²) in [5, 5.41) is 2.98. The van der Waals surface area contributed by atoms with Gasteiger partial charge in [-0.25, -0.2) is 4.98 Å². The molecule has 0 N–H and O–H groups in total. The zero-order valence-electron chi connectivity index (χ0n) is 15.6. The van der Waals surface area contributed by atoms with Crippen molar-refractivity contribution in [1.82, 2.24) is 14.8 Å². The van der Waals surface area contributed by atoms with Crippen LogP contribution in [-0.2, 0) is 16.1 Å². The van der Waals surface area contributed by atoms with Gasteiger partial charge in [0.05, 0.1) is 12.2 Å². The summed E-state index contributed by atoms with van der Waals surface area (Å²) in [6, 6.07) is 9.77. The highest BCUT2D eigenvalue weighted by Crippen LogP contribution is 2.33. The predicted molar refractivity (Wildman–Crippen MR) is 106 cm³/mol. The van der Waals surface area contributed by atoms with Crippen LogP contribution in [0, 0.1) is 5.92 Å². The highest BCUT2D eigenvalue weighted by Gasteiger charge is 2.40. The molecule has 1 saturated heterocycles. The molecule has 142 valence electrons. The minimum absolute atomic E-state index is 0.0398. The van der Waals surface area contributed by atoms with Gasteiger partial charge < -0.3 is 9.80 Å². The van der Waals surface area contributed by atoms with E-state index in [-0.39, 0.29) is 23.8 Å². The quantitative estimate of drug-likeness (QED) is 0.793. The van der Waals surface area contributed by atoms with Gasteiger partial charge in [0.2, 0.25) is 11.8 Å². The number of hydrogen-bond acceptors (Lipinski definition) is 4. The molecule has 1 aromatic heterocycles. The number of rotatable bonds is 5. The van der Waals surface area contributed by atoms with Gasteiger partial charge in [-0.3, -0.25) is 9.59 Å². The van der Waals surface area contributed by atoms with E-state index in [1.807, 2.05) is 47.7 Å². The molecule has 2 heterocycles. The standard InChI is InChI=1S/C21H25N3O2S/c1-23(13-17-14-27-19(22-17)15-7-3-2-4-8-15)21(26)18-9-5-6-12-24(18)20(25)16-10-11-16/h2-4,7-8,14,16,18H,5-6,9-13H2,1H3/t18-/m0/s1. The number of aromatic nitrogens is 1. The summed E-state index contributed by atoms with van der Waals surface area (Å²) in [6.07, 6.45) is 4.74. The first-order valence-electron chi connectivity index (χ1n) is 9.69. The number of hydrogen-bond donors (Lipinski definition) is 0. The number of thiazole rings is 1. The van der Waals surface area contributed by atoms with Gasteiger partial charge in [-0.1, -0.05) is 30.3 Å². The molecule has 0 bridgehead atoms. The third kappa shape index (κ3) is 4.05.